The number of thioether (sulfide) groups is 1. The standard InChI is InChI=1S/C21H27ClN6O2S/c1-3-5-20(30)28-9-8-27(13-15(28)2)18-10-17(22)25-21(26-18)31-14-19(29)24-12-16-6-4-7-23-11-16/h4,6-7,10-11,15H,3,5,8-9,12-14H2,1-2H3,(H,24,29). The Labute approximate surface area is 191 Å². The van der Waals surface area contributed by atoms with Gasteiger partial charge in [-0.1, -0.05) is 36.4 Å². The van der Waals surface area contributed by atoms with Crippen LogP contribution in [0.2, 0.25) is 5.15 Å². The molecule has 1 aliphatic heterocycles. The van der Waals surface area contributed by atoms with Gasteiger partial charge in [0.05, 0.1) is 5.75 Å². The van der Waals surface area contributed by atoms with Gasteiger partial charge in [0.2, 0.25) is 11.8 Å². The zero-order chi connectivity index (χ0) is 22.2. The highest BCUT2D eigenvalue weighted by Gasteiger charge is 2.28. The van der Waals surface area contributed by atoms with Crippen molar-refractivity contribution in [2.45, 2.75) is 44.4 Å². The predicted molar refractivity (Wildman–Crippen MR) is 122 cm³/mol. The van der Waals surface area contributed by atoms with Gasteiger partial charge < -0.3 is 15.1 Å². The Morgan fingerprint density at radius 3 is 2.87 bits per heavy atom. The number of halogens is 1. The topological polar surface area (TPSA) is 91.3 Å². The van der Waals surface area contributed by atoms with Crippen LogP contribution in [0.15, 0.2) is 35.7 Å². The highest BCUT2D eigenvalue weighted by molar-refractivity contribution is 7.99. The fourth-order valence-electron chi connectivity index (χ4n) is 3.39. The molecule has 0 bridgehead atoms. The number of nitrogens with one attached hydrogen (secondary N) is 1. The Balaban J connectivity index is 1.55. The Kier molecular flexibility index (Phi) is 8.48. The maximum absolute atomic E-state index is 12.3. The number of amides is 2. The summed E-state index contributed by atoms with van der Waals surface area (Å²) in [4.78, 5) is 41.3. The van der Waals surface area contributed by atoms with E-state index in [1.54, 1.807) is 18.5 Å². The van der Waals surface area contributed by atoms with Crippen molar-refractivity contribution in [1.29, 1.82) is 0 Å². The quantitative estimate of drug-likeness (QED) is 0.366. The van der Waals surface area contributed by atoms with E-state index in [-0.39, 0.29) is 23.6 Å². The van der Waals surface area contributed by atoms with Crippen LogP contribution in [0.4, 0.5) is 5.82 Å². The molecule has 2 aromatic rings. The van der Waals surface area contributed by atoms with Crippen molar-refractivity contribution in [2.75, 3.05) is 30.3 Å². The number of hydrogen-bond donors (Lipinski definition) is 1. The summed E-state index contributed by atoms with van der Waals surface area (Å²) in [6, 6.07) is 5.56. The number of pyridine rings is 1. The van der Waals surface area contributed by atoms with Crippen LogP contribution in [0.1, 0.15) is 32.3 Å². The van der Waals surface area contributed by atoms with Crippen LogP contribution in [-0.2, 0) is 16.1 Å². The van der Waals surface area contributed by atoms with Crippen molar-refractivity contribution in [3.05, 3.63) is 41.3 Å². The lowest BCUT2D eigenvalue weighted by Crippen LogP contribution is -2.54. The second-order valence-corrected chi connectivity index (χ2v) is 8.72. The number of rotatable bonds is 8. The number of carbonyl (C=O) groups is 2. The van der Waals surface area contributed by atoms with Crippen molar-refractivity contribution in [3.63, 3.8) is 0 Å². The zero-order valence-electron chi connectivity index (χ0n) is 17.8. The lowest BCUT2D eigenvalue weighted by molar-refractivity contribution is -0.133. The van der Waals surface area contributed by atoms with E-state index in [4.69, 9.17) is 11.6 Å². The highest BCUT2D eigenvalue weighted by atomic mass is 35.5. The van der Waals surface area contributed by atoms with Gasteiger partial charge in [0.1, 0.15) is 11.0 Å². The van der Waals surface area contributed by atoms with E-state index in [0.29, 0.717) is 48.7 Å². The second-order valence-electron chi connectivity index (χ2n) is 7.39. The third-order valence-electron chi connectivity index (χ3n) is 4.94. The molecule has 0 radical (unpaired) electrons. The molecule has 2 amide bonds. The molecule has 166 valence electrons. The predicted octanol–water partition coefficient (Wildman–Crippen LogP) is 2.77. The number of hydrogen-bond acceptors (Lipinski definition) is 7. The first-order chi connectivity index (χ1) is 15.0. The van der Waals surface area contributed by atoms with Gasteiger partial charge in [-0.2, -0.15) is 0 Å². The largest absolute Gasteiger partial charge is 0.353 e. The molecule has 3 heterocycles. The van der Waals surface area contributed by atoms with Crippen molar-refractivity contribution in [1.82, 2.24) is 25.2 Å². The second kappa shape index (κ2) is 11.3. The molecule has 1 unspecified atom stereocenters. The zero-order valence-corrected chi connectivity index (χ0v) is 19.3. The minimum atomic E-state index is -0.115. The molecular weight excluding hydrogens is 436 g/mol. The van der Waals surface area contributed by atoms with Gasteiger partial charge in [-0.3, -0.25) is 14.6 Å². The van der Waals surface area contributed by atoms with E-state index >= 15 is 0 Å². The highest BCUT2D eigenvalue weighted by Crippen LogP contribution is 2.24. The normalized spacial score (nSPS) is 16.3. The Bertz CT molecular complexity index is 901. The molecule has 31 heavy (non-hydrogen) atoms. The molecule has 1 aliphatic rings. The van der Waals surface area contributed by atoms with E-state index in [9.17, 15) is 9.59 Å². The van der Waals surface area contributed by atoms with Crippen LogP contribution in [0.5, 0.6) is 0 Å². The molecule has 1 N–H and O–H groups in total. The molecule has 0 saturated carbocycles. The van der Waals surface area contributed by atoms with Crippen LogP contribution in [-0.4, -0.2) is 63.1 Å². The fourth-order valence-corrected chi connectivity index (χ4v) is 4.30. The molecule has 1 saturated heterocycles. The average molecular weight is 463 g/mol. The van der Waals surface area contributed by atoms with Gasteiger partial charge in [0, 0.05) is 57.1 Å². The molecule has 10 heteroatoms. The summed E-state index contributed by atoms with van der Waals surface area (Å²) in [6.07, 6.45) is 4.84. The molecule has 3 rings (SSSR count). The maximum Gasteiger partial charge on any atom is 0.230 e. The van der Waals surface area contributed by atoms with Crippen LogP contribution in [0.25, 0.3) is 0 Å². The first kappa shape index (κ1) is 23.3. The van der Waals surface area contributed by atoms with Gasteiger partial charge in [0.15, 0.2) is 5.16 Å². The van der Waals surface area contributed by atoms with Crippen LogP contribution in [0.3, 0.4) is 0 Å². The van der Waals surface area contributed by atoms with E-state index in [1.807, 2.05) is 30.9 Å². The van der Waals surface area contributed by atoms with Crippen molar-refractivity contribution < 1.29 is 9.59 Å². The average Bonchev–Trinajstić information content (AvgIpc) is 2.76. The van der Waals surface area contributed by atoms with Crippen LogP contribution in [0, 0.1) is 0 Å². The summed E-state index contributed by atoms with van der Waals surface area (Å²) in [5.74, 6) is 0.989. The van der Waals surface area contributed by atoms with Gasteiger partial charge in [-0.15, -0.1) is 0 Å². The third kappa shape index (κ3) is 6.80. The lowest BCUT2D eigenvalue weighted by atomic mass is 10.1. The number of carbonyl (C=O) groups excluding carboxylic acids is 2. The summed E-state index contributed by atoms with van der Waals surface area (Å²) < 4.78 is 0. The summed E-state index contributed by atoms with van der Waals surface area (Å²) in [6.45, 7) is 6.50. The van der Waals surface area contributed by atoms with Gasteiger partial charge >= 0.3 is 0 Å². The Morgan fingerprint density at radius 1 is 1.32 bits per heavy atom. The molecule has 0 aliphatic carbocycles. The summed E-state index contributed by atoms with van der Waals surface area (Å²) in [7, 11) is 0. The van der Waals surface area contributed by atoms with Crippen LogP contribution < -0.4 is 10.2 Å². The number of anilines is 1. The van der Waals surface area contributed by atoms with Crippen molar-refractivity contribution in [3.8, 4) is 0 Å². The first-order valence-electron chi connectivity index (χ1n) is 10.3. The van der Waals surface area contributed by atoms with Crippen LogP contribution >= 0.6 is 23.4 Å². The number of piperazine rings is 1. The molecule has 0 spiro atoms. The smallest absolute Gasteiger partial charge is 0.230 e. The minimum absolute atomic E-state index is 0.0934. The summed E-state index contributed by atoms with van der Waals surface area (Å²) in [5, 5.41) is 3.65. The van der Waals surface area contributed by atoms with Gasteiger partial charge in [0.25, 0.3) is 0 Å². The molecule has 2 aromatic heterocycles. The molecule has 1 atom stereocenters. The molecule has 1 fully saturated rings. The summed E-state index contributed by atoms with van der Waals surface area (Å²) >= 11 is 7.46. The van der Waals surface area contributed by atoms with E-state index in [1.165, 1.54) is 11.8 Å². The van der Waals surface area contributed by atoms with E-state index in [2.05, 4.69) is 25.2 Å². The third-order valence-corrected chi connectivity index (χ3v) is 5.98. The van der Waals surface area contributed by atoms with Gasteiger partial charge in [-0.25, -0.2) is 9.97 Å². The van der Waals surface area contributed by atoms with Crippen molar-refractivity contribution >= 4 is 41.0 Å². The maximum atomic E-state index is 12.3. The molecular formula is C21H27ClN6O2S. The minimum Gasteiger partial charge on any atom is -0.353 e. The van der Waals surface area contributed by atoms with Crippen molar-refractivity contribution in [2.24, 2.45) is 0 Å². The number of nitrogens with zero attached hydrogens (tertiary/aromatic N) is 5. The van der Waals surface area contributed by atoms with E-state index in [0.717, 1.165) is 12.0 Å². The van der Waals surface area contributed by atoms with E-state index < -0.39 is 0 Å². The monoisotopic (exact) mass is 462 g/mol. The number of aromatic nitrogens is 3. The Morgan fingerprint density at radius 2 is 2.16 bits per heavy atom. The summed E-state index contributed by atoms with van der Waals surface area (Å²) in [5.41, 5.74) is 0.938. The van der Waals surface area contributed by atoms with Gasteiger partial charge in [-0.05, 0) is 25.0 Å². The fraction of sp³-hybridized carbons (Fsp3) is 0.476. The first-order valence-corrected chi connectivity index (χ1v) is 11.7. The SMILES string of the molecule is CCCC(=O)N1CCN(c2cc(Cl)nc(SCC(=O)NCc3cccnc3)n2)CC1C. The molecule has 8 nitrogen and oxygen atoms in total. The Hall–Kier alpha value is -2.39. The molecule has 0 aromatic carbocycles. The lowest BCUT2D eigenvalue weighted by Gasteiger charge is -2.40.